The molecule has 8 nitrogen and oxygen atoms in total. The number of esters is 1. The molecule has 198 valence electrons. The van der Waals surface area contributed by atoms with Gasteiger partial charge in [-0.15, -0.1) is 6.58 Å². The standard InChI is InChI=1S/C27H42O8/c1-6-25(2)11-9-16-15(13-25)7-8-17-26(16,3)12-10-18(28)27(17,4)14-34-24-21(31)19(29)20(30)22(35-24)23(32)33-5/h6-7,16-22,24,28-31H,1,8-14H2,2-5H3/t16?,17-,18+,19-,20+,21+,22+,24-,25+,26-,27-/m1/s1. The lowest BCUT2D eigenvalue weighted by Gasteiger charge is -2.61. The first kappa shape index (κ1) is 26.8. The largest absolute Gasteiger partial charge is 0.467 e. The predicted octanol–water partition coefficient (Wildman–Crippen LogP) is 2.09. The molecule has 1 aliphatic heterocycles. The zero-order valence-corrected chi connectivity index (χ0v) is 21.4. The molecule has 4 rings (SSSR count). The molecule has 0 spiro atoms. The molecule has 0 bridgehead atoms. The number of rotatable bonds is 5. The number of aliphatic hydroxyl groups excluding tert-OH is 4. The van der Waals surface area contributed by atoms with Gasteiger partial charge in [0, 0.05) is 5.41 Å². The fourth-order valence-electron chi connectivity index (χ4n) is 7.40. The van der Waals surface area contributed by atoms with E-state index in [4.69, 9.17) is 9.47 Å². The lowest BCUT2D eigenvalue weighted by atomic mass is 9.45. The van der Waals surface area contributed by atoms with Crippen LogP contribution in [0.15, 0.2) is 24.3 Å². The smallest absolute Gasteiger partial charge is 0.337 e. The average molecular weight is 495 g/mol. The molecule has 0 aromatic carbocycles. The zero-order chi connectivity index (χ0) is 25.8. The van der Waals surface area contributed by atoms with Crippen LogP contribution < -0.4 is 0 Å². The minimum atomic E-state index is -1.63. The third kappa shape index (κ3) is 4.40. The van der Waals surface area contributed by atoms with Crippen LogP contribution in [0.4, 0.5) is 0 Å². The molecule has 3 fully saturated rings. The van der Waals surface area contributed by atoms with Gasteiger partial charge in [-0.3, -0.25) is 0 Å². The van der Waals surface area contributed by atoms with E-state index in [-0.39, 0.29) is 23.4 Å². The van der Waals surface area contributed by atoms with E-state index in [1.165, 1.54) is 5.57 Å². The summed E-state index contributed by atoms with van der Waals surface area (Å²) in [5.74, 6) is -0.270. The van der Waals surface area contributed by atoms with Crippen LogP contribution in [-0.4, -0.2) is 76.9 Å². The molecule has 8 heteroatoms. The van der Waals surface area contributed by atoms with Gasteiger partial charge >= 0.3 is 5.97 Å². The topological polar surface area (TPSA) is 126 Å². The first-order valence-corrected chi connectivity index (χ1v) is 12.8. The molecule has 1 heterocycles. The summed E-state index contributed by atoms with van der Waals surface area (Å²) in [6.07, 6.45) is 1.82. The van der Waals surface area contributed by atoms with Crippen LogP contribution in [0.2, 0.25) is 0 Å². The number of allylic oxidation sites excluding steroid dienone is 3. The van der Waals surface area contributed by atoms with Crippen molar-refractivity contribution in [3.63, 3.8) is 0 Å². The molecule has 1 saturated heterocycles. The van der Waals surface area contributed by atoms with Crippen LogP contribution in [0.1, 0.15) is 59.3 Å². The van der Waals surface area contributed by atoms with E-state index in [0.29, 0.717) is 12.3 Å². The van der Waals surface area contributed by atoms with Gasteiger partial charge in [0.1, 0.15) is 18.3 Å². The van der Waals surface area contributed by atoms with Crippen molar-refractivity contribution in [2.75, 3.05) is 13.7 Å². The summed E-state index contributed by atoms with van der Waals surface area (Å²) in [5, 5.41) is 42.1. The molecule has 35 heavy (non-hydrogen) atoms. The second-order valence-corrected chi connectivity index (χ2v) is 12.0. The summed E-state index contributed by atoms with van der Waals surface area (Å²) in [5.41, 5.74) is 1.00. The Morgan fingerprint density at radius 2 is 1.86 bits per heavy atom. The van der Waals surface area contributed by atoms with Crippen LogP contribution >= 0.6 is 0 Å². The zero-order valence-electron chi connectivity index (χ0n) is 21.4. The van der Waals surface area contributed by atoms with Gasteiger partial charge in [-0.2, -0.15) is 0 Å². The summed E-state index contributed by atoms with van der Waals surface area (Å²) >= 11 is 0. The second-order valence-electron chi connectivity index (χ2n) is 12.0. The van der Waals surface area contributed by atoms with E-state index in [1.54, 1.807) is 0 Å². The molecule has 0 amide bonds. The molecule has 1 unspecified atom stereocenters. The van der Waals surface area contributed by atoms with Gasteiger partial charge in [-0.25, -0.2) is 4.79 Å². The van der Waals surface area contributed by atoms with E-state index >= 15 is 0 Å². The second kappa shape index (κ2) is 9.54. The minimum absolute atomic E-state index is 0.000219. The molecule has 2 saturated carbocycles. The van der Waals surface area contributed by atoms with E-state index in [0.717, 1.165) is 39.2 Å². The lowest BCUT2D eigenvalue weighted by Crippen LogP contribution is -2.62. The van der Waals surface area contributed by atoms with Crippen LogP contribution in [0, 0.1) is 28.1 Å². The summed E-state index contributed by atoms with van der Waals surface area (Å²) in [4.78, 5) is 12.0. The Morgan fingerprint density at radius 3 is 2.51 bits per heavy atom. The highest BCUT2D eigenvalue weighted by Gasteiger charge is 2.59. The number of hydrogen-bond donors (Lipinski definition) is 4. The molecule has 11 atom stereocenters. The Morgan fingerprint density at radius 1 is 1.14 bits per heavy atom. The monoisotopic (exact) mass is 494 g/mol. The molecule has 0 aromatic heterocycles. The highest BCUT2D eigenvalue weighted by molar-refractivity contribution is 5.75. The van der Waals surface area contributed by atoms with Crippen LogP contribution in [-0.2, 0) is 19.0 Å². The van der Waals surface area contributed by atoms with E-state index in [9.17, 15) is 25.2 Å². The van der Waals surface area contributed by atoms with Crippen molar-refractivity contribution in [3.05, 3.63) is 24.3 Å². The molecule has 0 aromatic rings. The Bertz CT molecular complexity index is 858. The first-order valence-electron chi connectivity index (χ1n) is 12.8. The SMILES string of the molecule is C=C[C@@]1(C)CCC2C(=CC[C@H]3[C@@](C)(CO[C@@H]4O[C@H](C(=O)OC)[C@@H](O)[C@@H](O)[C@@H]4O)[C@@H](O)CC[C@]23C)C1. The van der Waals surface area contributed by atoms with Crippen molar-refractivity contribution in [1.29, 1.82) is 0 Å². The summed E-state index contributed by atoms with van der Waals surface area (Å²) in [7, 11) is 1.15. The van der Waals surface area contributed by atoms with Gasteiger partial charge in [-0.1, -0.05) is 38.5 Å². The van der Waals surface area contributed by atoms with Gasteiger partial charge in [0.15, 0.2) is 12.4 Å². The van der Waals surface area contributed by atoms with Crippen molar-refractivity contribution < 1.29 is 39.4 Å². The van der Waals surface area contributed by atoms with E-state index in [1.807, 2.05) is 6.92 Å². The van der Waals surface area contributed by atoms with Crippen LogP contribution in [0.25, 0.3) is 0 Å². The third-order valence-electron chi connectivity index (χ3n) is 9.84. The fourth-order valence-corrected chi connectivity index (χ4v) is 7.40. The Labute approximate surface area is 208 Å². The average Bonchev–Trinajstić information content (AvgIpc) is 2.84. The Balaban J connectivity index is 1.55. The van der Waals surface area contributed by atoms with E-state index in [2.05, 4.69) is 37.3 Å². The summed E-state index contributed by atoms with van der Waals surface area (Å²) < 4.78 is 16.2. The van der Waals surface area contributed by atoms with Gasteiger partial charge in [0.05, 0.1) is 19.8 Å². The lowest BCUT2D eigenvalue weighted by molar-refractivity contribution is -0.306. The van der Waals surface area contributed by atoms with Crippen LogP contribution in [0.5, 0.6) is 0 Å². The van der Waals surface area contributed by atoms with Gasteiger partial charge in [0.25, 0.3) is 0 Å². The van der Waals surface area contributed by atoms with Gasteiger partial charge in [0.2, 0.25) is 0 Å². The van der Waals surface area contributed by atoms with Gasteiger partial charge in [-0.05, 0) is 61.2 Å². The minimum Gasteiger partial charge on any atom is -0.467 e. The fraction of sp³-hybridized carbons (Fsp3) is 0.815. The number of carbonyl (C=O) groups is 1. The van der Waals surface area contributed by atoms with Crippen molar-refractivity contribution in [2.45, 2.75) is 96.1 Å². The number of aliphatic hydroxyl groups is 4. The molecular weight excluding hydrogens is 452 g/mol. The normalized spacial score (nSPS) is 49.9. The maximum absolute atomic E-state index is 12.0. The molecule has 4 aliphatic rings. The van der Waals surface area contributed by atoms with Crippen molar-refractivity contribution in [1.82, 2.24) is 0 Å². The summed E-state index contributed by atoms with van der Waals surface area (Å²) in [6, 6.07) is 0. The molecular formula is C27H42O8. The van der Waals surface area contributed by atoms with Crippen molar-refractivity contribution in [3.8, 4) is 0 Å². The number of methoxy groups -OCH3 is 1. The van der Waals surface area contributed by atoms with Crippen LogP contribution in [0.3, 0.4) is 0 Å². The summed E-state index contributed by atoms with van der Waals surface area (Å²) in [6.45, 7) is 10.8. The highest BCUT2D eigenvalue weighted by atomic mass is 16.7. The molecule has 4 N–H and O–H groups in total. The van der Waals surface area contributed by atoms with Crippen molar-refractivity contribution >= 4 is 5.97 Å². The predicted molar refractivity (Wildman–Crippen MR) is 128 cm³/mol. The number of ether oxygens (including phenoxy) is 3. The Hall–Kier alpha value is -1.29. The van der Waals surface area contributed by atoms with Gasteiger partial charge < -0.3 is 34.6 Å². The first-order chi connectivity index (χ1) is 16.4. The third-order valence-corrected chi connectivity index (χ3v) is 9.84. The highest BCUT2D eigenvalue weighted by Crippen LogP contribution is 2.63. The van der Waals surface area contributed by atoms with Crippen molar-refractivity contribution in [2.24, 2.45) is 28.1 Å². The number of hydrogen-bond acceptors (Lipinski definition) is 8. The quantitative estimate of drug-likeness (QED) is 0.338. The Kier molecular flexibility index (Phi) is 7.30. The molecule has 0 radical (unpaired) electrons. The number of fused-ring (bicyclic) bond motifs is 3. The maximum atomic E-state index is 12.0. The maximum Gasteiger partial charge on any atom is 0.337 e. The van der Waals surface area contributed by atoms with E-state index < -0.39 is 48.2 Å². The molecule has 3 aliphatic carbocycles. The number of carbonyl (C=O) groups excluding carboxylic acids is 1.